The van der Waals surface area contributed by atoms with Crippen LogP contribution < -0.4 is 0 Å². The van der Waals surface area contributed by atoms with Gasteiger partial charge in [-0.1, -0.05) is 33.3 Å². The molecule has 1 nitrogen and oxygen atoms in total. The number of rotatable bonds is 0. The van der Waals surface area contributed by atoms with Crippen LogP contribution in [0.2, 0.25) is 0 Å². The van der Waals surface area contributed by atoms with E-state index >= 15 is 0 Å². The fourth-order valence-corrected chi connectivity index (χ4v) is 5.32. The molecule has 1 fully saturated rings. The Bertz CT molecular complexity index is 532. The molecular weight excluding hydrogens is 239 g/mol. The SMILES string of the molecule is CC1(C)CCC[C@@]2(C)c3cc(F)ccc3[C@](C)(O)[C@H]12. The van der Waals surface area contributed by atoms with Crippen LogP contribution >= 0.6 is 0 Å². The van der Waals surface area contributed by atoms with Gasteiger partial charge in [-0.3, -0.25) is 0 Å². The maximum Gasteiger partial charge on any atom is 0.123 e. The van der Waals surface area contributed by atoms with Gasteiger partial charge in [-0.05, 0) is 53.9 Å². The number of halogens is 1. The summed E-state index contributed by atoms with van der Waals surface area (Å²) in [6.45, 7) is 8.60. The van der Waals surface area contributed by atoms with Gasteiger partial charge in [0.1, 0.15) is 5.82 Å². The lowest BCUT2D eigenvalue weighted by atomic mass is 9.54. The Morgan fingerprint density at radius 1 is 1.11 bits per heavy atom. The van der Waals surface area contributed by atoms with Gasteiger partial charge in [0.2, 0.25) is 0 Å². The number of hydrogen-bond donors (Lipinski definition) is 1. The predicted octanol–water partition coefficient (Wildman–Crippen LogP) is 4.13. The molecule has 1 aromatic rings. The third kappa shape index (κ3) is 1.56. The lowest BCUT2D eigenvalue weighted by molar-refractivity contribution is -0.0958. The second kappa shape index (κ2) is 3.60. The average Bonchev–Trinajstić information content (AvgIpc) is 2.43. The quantitative estimate of drug-likeness (QED) is 0.745. The zero-order valence-electron chi connectivity index (χ0n) is 12.3. The van der Waals surface area contributed by atoms with Crippen molar-refractivity contribution in [1.29, 1.82) is 0 Å². The molecule has 0 aliphatic heterocycles. The summed E-state index contributed by atoms with van der Waals surface area (Å²) < 4.78 is 13.7. The number of aliphatic hydroxyl groups is 1. The van der Waals surface area contributed by atoms with Crippen LogP contribution in [0, 0.1) is 17.2 Å². The highest BCUT2D eigenvalue weighted by Gasteiger charge is 2.61. The molecule has 0 radical (unpaired) electrons. The van der Waals surface area contributed by atoms with E-state index in [2.05, 4.69) is 20.8 Å². The van der Waals surface area contributed by atoms with E-state index in [1.165, 1.54) is 6.07 Å². The normalized spacial score (nSPS) is 39.8. The van der Waals surface area contributed by atoms with Crippen molar-refractivity contribution in [3.8, 4) is 0 Å². The first-order chi connectivity index (χ1) is 8.69. The summed E-state index contributed by atoms with van der Waals surface area (Å²) in [6, 6.07) is 4.90. The number of benzene rings is 1. The van der Waals surface area contributed by atoms with Gasteiger partial charge >= 0.3 is 0 Å². The Hall–Kier alpha value is -0.890. The summed E-state index contributed by atoms with van der Waals surface area (Å²) >= 11 is 0. The Morgan fingerprint density at radius 3 is 2.47 bits per heavy atom. The molecule has 0 bridgehead atoms. The average molecular weight is 262 g/mol. The molecule has 3 rings (SSSR count). The van der Waals surface area contributed by atoms with Gasteiger partial charge in [0.15, 0.2) is 0 Å². The minimum absolute atomic E-state index is 0.0754. The van der Waals surface area contributed by atoms with Crippen molar-refractivity contribution in [1.82, 2.24) is 0 Å². The van der Waals surface area contributed by atoms with Gasteiger partial charge in [-0.15, -0.1) is 0 Å². The number of hydrogen-bond acceptors (Lipinski definition) is 1. The third-order valence-electron chi connectivity index (χ3n) is 5.64. The lowest BCUT2D eigenvalue weighted by Crippen LogP contribution is -2.49. The van der Waals surface area contributed by atoms with Gasteiger partial charge in [-0.2, -0.15) is 0 Å². The predicted molar refractivity (Wildman–Crippen MR) is 74.4 cm³/mol. The summed E-state index contributed by atoms with van der Waals surface area (Å²) in [6.07, 6.45) is 3.31. The van der Waals surface area contributed by atoms with Gasteiger partial charge in [0.05, 0.1) is 5.60 Å². The van der Waals surface area contributed by atoms with Crippen LogP contribution in [0.5, 0.6) is 0 Å². The molecule has 0 heterocycles. The van der Waals surface area contributed by atoms with E-state index in [0.717, 1.165) is 30.4 Å². The Labute approximate surface area is 114 Å². The van der Waals surface area contributed by atoms with Crippen molar-refractivity contribution in [2.24, 2.45) is 11.3 Å². The maximum absolute atomic E-state index is 13.7. The lowest BCUT2D eigenvalue weighted by Gasteiger charge is -2.51. The topological polar surface area (TPSA) is 20.2 Å². The van der Waals surface area contributed by atoms with E-state index < -0.39 is 5.60 Å². The van der Waals surface area contributed by atoms with Crippen LogP contribution in [0.25, 0.3) is 0 Å². The van der Waals surface area contributed by atoms with Crippen molar-refractivity contribution in [2.45, 2.75) is 58.0 Å². The van der Waals surface area contributed by atoms with E-state index in [1.807, 2.05) is 6.92 Å². The number of fused-ring (bicyclic) bond motifs is 3. The Balaban J connectivity index is 2.27. The summed E-state index contributed by atoms with van der Waals surface area (Å²) in [7, 11) is 0. The van der Waals surface area contributed by atoms with Crippen LogP contribution in [0.15, 0.2) is 18.2 Å². The highest BCUT2D eigenvalue weighted by atomic mass is 19.1. The molecular formula is C17H23FO. The third-order valence-corrected chi connectivity index (χ3v) is 5.64. The molecule has 104 valence electrons. The van der Waals surface area contributed by atoms with Gasteiger partial charge in [-0.25, -0.2) is 4.39 Å². The monoisotopic (exact) mass is 262 g/mol. The highest BCUT2D eigenvalue weighted by molar-refractivity contribution is 5.47. The van der Waals surface area contributed by atoms with E-state index in [1.54, 1.807) is 12.1 Å². The highest BCUT2D eigenvalue weighted by Crippen LogP contribution is 2.64. The standard InChI is InChI=1S/C17H23FO/c1-15(2)8-5-9-16(3)13-10-11(18)6-7-12(13)17(4,19)14(15)16/h6-7,10,14,19H,5,8-9H2,1-4H3/t14-,16+,17+/m1/s1. The minimum Gasteiger partial charge on any atom is -0.385 e. The molecule has 0 spiro atoms. The largest absolute Gasteiger partial charge is 0.385 e. The Kier molecular flexibility index (Phi) is 2.49. The van der Waals surface area contributed by atoms with Crippen LogP contribution in [0.1, 0.15) is 58.1 Å². The fraction of sp³-hybridized carbons (Fsp3) is 0.647. The Morgan fingerprint density at radius 2 is 1.79 bits per heavy atom. The minimum atomic E-state index is -0.859. The van der Waals surface area contributed by atoms with Crippen molar-refractivity contribution in [3.63, 3.8) is 0 Å². The van der Waals surface area contributed by atoms with Crippen molar-refractivity contribution in [2.75, 3.05) is 0 Å². The first-order valence-corrected chi connectivity index (χ1v) is 7.22. The van der Waals surface area contributed by atoms with E-state index in [9.17, 15) is 9.50 Å². The molecule has 0 aromatic heterocycles. The van der Waals surface area contributed by atoms with E-state index in [4.69, 9.17) is 0 Å². The summed E-state index contributed by atoms with van der Waals surface area (Å²) in [5.41, 5.74) is 1.06. The second-order valence-corrected chi connectivity index (χ2v) is 7.53. The molecule has 2 aliphatic carbocycles. The molecule has 0 unspecified atom stereocenters. The van der Waals surface area contributed by atoms with Crippen LogP contribution in [-0.2, 0) is 11.0 Å². The molecule has 2 heteroatoms. The summed E-state index contributed by atoms with van der Waals surface area (Å²) in [4.78, 5) is 0. The molecule has 0 saturated heterocycles. The molecule has 1 aromatic carbocycles. The van der Waals surface area contributed by atoms with E-state index in [-0.39, 0.29) is 22.6 Å². The molecule has 0 amide bonds. The van der Waals surface area contributed by atoms with Crippen molar-refractivity contribution >= 4 is 0 Å². The van der Waals surface area contributed by atoms with Crippen LogP contribution in [0.3, 0.4) is 0 Å². The smallest absolute Gasteiger partial charge is 0.123 e. The molecule has 3 atom stereocenters. The van der Waals surface area contributed by atoms with Gasteiger partial charge < -0.3 is 5.11 Å². The van der Waals surface area contributed by atoms with Crippen molar-refractivity contribution in [3.05, 3.63) is 35.1 Å². The fourth-order valence-electron chi connectivity index (χ4n) is 5.32. The summed E-state index contributed by atoms with van der Waals surface area (Å²) in [5, 5.41) is 11.1. The molecule has 1 saturated carbocycles. The van der Waals surface area contributed by atoms with E-state index in [0.29, 0.717) is 0 Å². The second-order valence-electron chi connectivity index (χ2n) is 7.53. The molecule has 1 N–H and O–H groups in total. The maximum atomic E-state index is 13.7. The molecule has 2 aliphatic rings. The first kappa shape index (κ1) is 13.1. The van der Waals surface area contributed by atoms with Gasteiger partial charge in [0.25, 0.3) is 0 Å². The van der Waals surface area contributed by atoms with Crippen molar-refractivity contribution < 1.29 is 9.50 Å². The van der Waals surface area contributed by atoms with Crippen LogP contribution in [-0.4, -0.2) is 5.11 Å². The zero-order chi connectivity index (χ0) is 14.1. The van der Waals surface area contributed by atoms with Gasteiger partial charge in [0, 0.05) is 5.92 Å². The summed E-state index contributed by atoms with van der Waals surface area (Å²) in [5.74, 6) is -0.0437. The van der Waals surface area contributed by atoms with Crippen LogP contribution in [0.4, 0.5) is 4.39 Å². The molecule has 19 heavy (non-hydrogen) atoms. The first-order valence-electron chi connectivity index (χ1n) is 7.22. The zero-order valence-corrected chi connectivity index (χ0v) is 12.3.